The van der Waals surface area contributed by atoms with E-state index < -0.39 is 18.9 Å². The molecule has 0 aromatic heterocycles. The normalized spacial score (nSPS) is 38.3. The zero-order chi connectivity index (χ0) is 13.2. The molecule has 3 atom stereocenters. The van der Waals surface area contributed by atoms with Gasteiger partial charge in [-0.05, 0) is 32.6 Å². The average molecular weight is 278 g/mol. The van der Waals surface area contributed by atoms with Gasteiger partial charge in [0, 0.05) is 0 Å². The highest BCUT2D eigenvalue weighted by atomic mass is 31.2. The third-order valence-corrected chi connectivity index (χ3v) is 6.93. The Morgan fingerprint density at radius 1 is 1.17 bits per heavy atom. The van der Waals surface area contributed by atoms with Crippen molar-refractivity contribution in [3.05, 3.63) is 0 Å². The first-order valence-corrected chi connectivity index (χ1v) is 8.69. The number of rotatable bonds is 3. The Bertz CT molecular complexity index is 330. The minimum atomic E-state index is -3.88. The SMILES string of the molecule is CC1(P(=O)(O)OC2CCCCC2)CCCCC1F. The summed E-state index contributed by atoms with van der Waals surface area (Å²) in [6.45, 7) is 1.58. The van der Waals surface area contributed by atoms with Crippen LogP contribution in [0.25, 0.3) is 0 Å². The van der Waals surface area contributed by atoms with E-state index in [-0.39, 0.29) is 6.10 Å². The molecule has 5 heteroatoms. The van der Waals surface area contributed by atoms with Crippen LogP contribution in [0.4, 0.5) is 4.39 Å². The zero-order valence-corrected chi connectivity index (χ0v) is 12.0. The highest BCUT2D eigenvalue weighted by Crippen LogP contribution is 2.63. The molecule has 0 saturated heterocycles. The van der Waals surface area contributed by atoms with E-state index >= 15 is 0 Å². The molecule has 0 bridgehead atoms. The van der Waals surface area contributed by atoms with Crippen LogP contribution in [0, 0.1) is 0 Å². The van der Waals surface area contributed by atoms with Gasteiger partial charge in [0.2, 0.25) is 0 Å². The fourth-order valence-corrected chi connectivity index (χ4v) is 4.86. The Labute approximate surface area is 109 Å². The van der Waals surface area contributed by atoms with Crippen LogP contribution in [0.15, 0.2) is 0 Å². The predicted octanol–water partition coefficient (Wildman–Crippen LogP) is 4.19. The molecule has 0 radical (unpaired) electrons. The second kappa shape index (κ2) is 5.60. The maximum absolute atomic E-state index is 14.1. The fraction of sp³-hybridized carbons (Fsp3) is 1.00. The van der Waals surface area contributed by atoms with E-state index in [1.165, 1.54) is 6.42 Å². The van der Waals surface area contributed by atoms with Crippen molar-refractivity contribution in [1.29, 1.82) is 0 Å². The van der Waals surface area contributed by atoms with E-state index in [0.717, 1.165) is 38.5 Å². The predicted molar refractivity (Wildman–Crippen MR) is 69.6 cm³/mol. The van der Waals surface area contributed by atoms with Gasteiger partial charge >= 0.3 is 7.60 Å². The first-order chi connectivity index (χ1) is 8.46. The number of alkyl halides is 1. The van der Waals surface area contributed by atoms with Crippen LogP contribution in [0.5, 0.6) is 0 Å². The van der Waals surface area contributed by atoms with E-state index in [1.807, 2.05) is 0 Å². The second-order valence-electron chi connectivity index (χ2n) is 5.96. The van der Waals surface area contributed by atoms with Crippen LogP contribution < -0.4 is 0 Å². The van der Waals surface area contributed by atoms with Crippen LogP contribution in [0.1, 0.15) is 64.7 Å². The molecule has 1 N–H and O–H groups in total. The van der Waals surface area contributed by atoms with Crippen molar-refractivity contribution in [3.63, 3.8) is 0 Å². The molecule has 0 spiro atoms. The van der Waals surface area contributed by atoms with Crippen molar-refractivity contribution in [2.24, 2.45) is 0 Å². The van der Waals surface area contributed by atoms with Gasteiger partial charge in [0.15, 0.2) is 0 Å². The lowest BCUT2D eigenvalue weighted by Crippen LogP contribution is -2.40. The molecule has 0 aliphatic heterocycles. The van der Waals surface area contributed by atoms with E-state index in [2.05, 4.69) is 0 Å². The Morgan fingerprint density at radius 3 is 2.39 bits per heavy atom. The fourth-order valence-electron chi connectivity index (χ4n) is 3.09. The van der Waals surface area contributed by atoms with E-state index in [1.54, 1.807) is 6.92 Å². The standard InChI is InChI=1S/C13H24FO3P/c1-13(10-6-5-9-12(13)14)18(15,16)17-11-7-3-2-4-8-11/h11-12H,2-10H2,1H3,(H,15,16). The van der Waals surface area contributed by atoms with Crippen molar-refractivity contribution >= 4 is 7.60 Å². The summed E-state index contributed by atoms with van der Waals surface area (Å²) in [4.78, 5) is 10.2. The summed E-state index contributed by atoms with van der Waals surface area (Å²) in [7, 11) is -3.88. The smallest absolute Gasteiger partial charge is 0.324 e. The molecule has 2 aliphatic carbocycles. The van der Waals surface area contributed by atoms with Gasteiger partial charge in [0.05, 0.1) is 6.10 Å². The molecule has 18 heavy (non-hydrogen) atoms. The monoisotopic (exact) mass is 278 g/mol. The summed E-state index contributed by atoms with van der Waals surface area (Å²) in [6.07, 6.45) is 6.00. The number of halogens is 1. The van der Waals surface area contributed by atoms with Crippen molar-refractivity contribution in [1.82, 2.24) is 0 Å². The van der Waals surface area contributed by atoms with Gasteiger partial charge in [0.1, 0.15) is 11.3 Å². The summed E-state index contributed by atoms with van der Waals surface area (Å²) in [5.41, 5.74) is 0. The zero-order valence-electron chi connectivity index (χ0n) is 11.1. The Kier molecular flexibility index (Phi) is 4.51. The molecule has 2 saturated carbocycles. The number of hydrogen-bond donors (Lipinski definition) is 1. The summed E-state index contributed by atoms with van der Waals surface area (Å²) < 4.78 is 32.0. The van der Waals surface area contributed by atoms with Crippen molar-refractivity contribution in [2.45, 2.75) is 82.1 Å². The molecular formula is C13H24FO3P. The first-order valence-electron chi connectivity index (χ1n) is 7.11. The molecule has 106 valence electrons. The lowest BCUT2D eigenvalue weighted by atomic mass is 9.88. The van der Waals surface area contributed by atoms with Gasteiger partial charge in [-0.15, -0.1) is 0 Å². The summed E-state index contributed by atoms with van der Waals surface area (Å²) in [5, 5.41) is -1.19. The van der Waals surface area contributed by atoms with Gasteiger partial charge < -0.3 is 9.42 Å². The number of hydrogen-bond acceptors (Lipinski definition) is 2. The maximum atomic E-state index is 14.1. The topological polar surface area (TPSA) is 46.5 Å². The third kappa shape index (κ3) is 2.81. The van der Waals surface area contributed by atoms with Crippen LogP contribution in [0.2, 0.25) is 0 Å². The van der Waals surface area contributed by atoms with Crippen LogP contribution in [-0.2, 0) is 9.09 Å². The molecule has 3 unspecified atom stereocenters. The molecule has 0 amide bonds. The van der Waals surface area contributed by atoms with Crippen LogP contribution >= 0.6 is 7.60 Å². The summed E-state index contributed by atoms with van der Waals surface area (Å²) in [6, 6.07) is 0. The maximum Gasteiger partial charge on any atom is 0.337 e. The van der Waals surface area contributed by atoms with Gasteiger partial charge in [-0.25, -0.2) is 4.39 Å². The van der Waals surface area contributed by atoms with Gasteiger partial charge in [0.25, 0.3) is 0 Å². The summed E-state index contributed by atoms with van der Waals surface area (Å²) >= 11 is 0. The molecule has 2 rings (SSSR count). The highest BCUT2D eigenvalue weighted by Gasteiger charge is 2.53. The van der Waals surface area contributed by atoms with Crippen molar-refractivity contribution in [2.75, 3.05) is 0 Å². The Morgan fingerprint density at radius 2 is 1.78 bits per heavy atom. The third-order valence-electron chi connectivity index (χ3n) is 4.55. The lowest BCUT2D eigenvalue weighted by molar-refractivity contribution is 0.0999. The van der Waals surface area contributed by atoms with Crippen LogP contribution in [-0.4, -0.2) is 22.3 Å². The van der Waals surface area contributed by atoms with E-state index in [0.29, 0.717) is 12.8 Å². The molecule has 2 fully saturated rings. The summed E-state index contributed by atoms with van der Waals surface area (Å²) in [5.74, 6) is 0. The molecule has 0 heterocycles. The van der Waals surface area contributed by atoms with Crippen molar-refractivity contribution < 1.29 is 18.4 Å². The molecule has 3 nitrogen and oxygen atoms in total. The van der Waals surface area contributed by atoms with Crippen molar-refractivity contribution in [3.8, 4) is 0 Å². The minimum absolute atomic E-state index is 0.152. The quantitative estimate of drug-likeness (QED) is 0.787. The average Bonchev–Trinajstić information content (AvgIpc) is 2.33. The molecular weight excluding hydrogens is 254 g/mol. The van der Waals surface area contributed by atoms with Gasteiger partial charge in [-0.2, -0.15) is 0 Å². The molecule has 0 aromatic carbocycles. The molecule has 0 aromatic rings. The van der Waals surface area contributed by atoms with E-state index in [9.17, 15) is 13.8 Å². The Hall–Kier alpha value is 0.0800. The van der Waals surface area contributed by atoms with Gasteiger partial charge in [-0.3, -0.25) is 4.57 Å². The first kappa shape index (κ1) is 14.5. The second-order valence-corrected chi connectivity index (χ2v) is 8.23. The minimum Gasteiger partial charge on any atom is -0.324 e. The largest absolute Gasteiger partial charge is 0.337 e. The molecule has 2 aliphatic rings. The van der Waals surface area contributed by atoms with Crippen LogP contribution in [0.3, 0.4) is 0 Å². The highest BCUT2D eigenvalue weighted by molar-refractivity contribution is 7.54. The van der Waals surface area contributed by atoms with Gasteiger partial charge in [-0.1, -0.05) is 32.1 Å². The van der Waals surface area contributed by atoms with E-state index in [4.69, 9.17) is 4.52 Å². The Balaban J connectivity index is 2.05. The lowest BCUT2D eigenvalue weighted by Gasteiger charge is -2.40.